The van der Waals surface area contributed by atoms with Gasteiger partial charge in [-0.3, -0.25) is 0 Å². The number of hydrogen-bond donors (Lipinski definition) is 0. The lowest BCUT2D eigenvalue weighted by Gasteiger charge is -2.10. The van der Waals surface area contributed by atoms with E-state index in [1.165, 1.54) is 41.5 Å². The van der Waals surface area contributed by atoms with E-state index in [9.17, 15) is 0 Å². The van der Waals surface area contributed by atoms with Crippen LogP contribution in [-0.2, 0) is 0 Å². The highest BCUT2D eigenvalue weighted by Crippen LogP contribution is 2.20. The summed E-state index contributed by atoms with van der Waals surface area (Å²) >= 11 is 0. The minimum atomic E-state index is 1.21. The predicted octanol–water partition coefficient (Wildman–Crippen LogP) is 4.35. The molecular formula is C14H21. The highest BCUT2D eigenvalue weighted by Gasteiger charge is 2.03. The molecule has 0 spiro atoms. The summed E-state index contributed by atoms with van der Waals surface area (Å²) in [5.41, 5.74) is 5.70. The van der Waals surface area contributed by atoms with Gasteiger partial charge in [-0.2, -0.15) is 0 Å². The van der Waals surface area contributed by atoms with Gasteiger partial charge in [0.1, 0.15) is 0 Å². The normalized spacial score (nSPS) is 10.6. The fraction of sp³-hybridized carbons (Fsp3) is 0.500. The molecule has 0 heterocycles. The predicted molar refractivity (Wildman–Crippen MR) is 63.6 cm³/mol. The number of benzene rings is 1. The Bertz CT molecular complexity index is 297. The molecule has 0 saturated heterocycles. The highest BCUT2D eigenvalue weighted by atomic mass is 14.1. The molecule has 0 aliphatic rings. The largest absolute Gasteiger partial charge is 0.0654 e. The molecule has 14 heavy (non-hydrogen) atoms. The lowest BCUT2D eigenvalue weighted by molar-refractivity contribution is 0.789. The molecule has 0 nitrogen and oxygen atoms in total. The van der Waals surface area contributed by atoms with E-state index in [1.807, 2.05) is 0 Å². The fourth-order valence-corrected chi connectivity index (χ4v) is 1.66. The molecule has 1 aromatic carbocycles. The summed E-state index contributed by atoms with van der Waals surface area (Å²) in [4.78, 5) is 0. The summed E-state index contributed by atoms with van der Waals surface area (Å²) in [5, 5.41) is 0. The van der Waals surface area contributed by atoms with Crippen molar-refractivity contribution >= 4 is 0 Å². The molecule has 0 heteroatoms. The van der Waals surface area contributed by atoms with Crippen molar-refractivity contribution in [3.8, 4) is 0 Å². The van der Waals surface area contributed by atoms with Gasteiger partial charge in [0.15, 0.2) is 0 Å². The smallest absolute Gasteiger partial charge is 0.00903 e. The van der Waals surface area contributed by atoms with Crippen LogP contribution >= 0.6 is 0 Å². The van der Waals surface area contributed by atoms with Crippen LogP contribution in [0.25, 0.3) is 0 Å². The molecule has 0 bridgehead atoms. The van der Waals surface area contributed by atoms with Gasteiger partial charge in [0.25, 0.3) is 0 Å². The van der Waals surface area contributed by atoms with Crippen LogP contribution in [-0.4, -0.2) is 0 Å². The quantitative estimate of drug-likeness (QED) is 0.617. The summed E-state index contributed by atoms with van der Waals surface area (Å²) in [7, 11) is 0. The van der Waals surface area contributed by atoms with Crippen LogP contribution in [0, 0.1) is 27.2 Å². The standard InChI is InChI=1S/C14H21/c1-5-6-7-8-14-10-9-11(2)12(3)13(14)4/h8-10H,5-7H2,1-4H3. The Labute approximate surface area is 88.4 Å². The Hall–Kier alpha value is -0.780. The van der Waals surface area contributed by atoms with Crippen molar-refractivity contribution in [2.45, 2.75) is 47.0 Å². The van der Waals surface area contributed by atoms with Crippen molar-refractivity contribution in [2.75, 3.05) is 0 Å². The number of unbranched alkanes of at least 4 members (excludes halogenated alkanes) is 2. The molecule has 0 saturated carbocycles. The third-order valence-electron chi connectivity index (χ3n) is 3.02. The maximum Gasteiger partial charge on any atom is -0.00903 e. The second-order valence-corrected chi connectivity index (χ2v) is 4.07. The Balaban J connectivity index is 2.73. The molecule has 0 amide bonds. The number of aryl methyl sites for hydroxylation is 1. The van der Waals surface area contributed by atoms with Gasteiger partial charge < -0.3 is 0 Å². The first-order valence-corrected chi connectivity index (χ1v) is 5.56. The number of rotatable bonds is 4. The van der Waals surface area contributed by atoms with Crippen molar-refractivity contribution in [1.29, 1.82) is 0 Å². The third kappa shape index (κ3) is 2.60. The molecule has 1 radical (unpaired) electrons. The minimum absolute atomic E-state index is 1.21. The molecule has 1 rings (SSSR count). The van der Waals surface area contributed by atoms with E-state index in [0.717, 1.165) is 0 Å². The minimum Gasteiger partial charge on any atom is -0.0654 e. The van der Waals surface area contributed by atoms with Crippen LogP contribution in [0.5, 0.6) is 0 Å². The first-order valence-electron chi connectivity index (χ1n) is 5.56. The lowest BCUT2D eigenvalue weighted by Crippen LogP contribution is -1.93. The van der Waals surface area contributed by atoms with Gasteiger partial charge in [0.05, 0.1) is 0 Å². The molecule has 0 aliphatic carbocycles. The summed E-state index contributed by atoms with van der Waals surface area (Å²) < 4.78 is 0. The molecule has 0 atom stereocenters. The van der Waals surface area contributed by atoms with Crippen molar-refractivity contribution in [2.24, 2.45) is 0 Å². The first-order chi connectivity index (χ1) is 6.66. The molecule has 0 N–H and O–H groups in total. The average Bonchev–Trinajstić information content (AvgIpc) is 2.18. The van der Waals surface area contributed by atoms with Crippen LogP contribution in [0.15, 0.2) is 12.1 Å². The summed E-state index contributed by atoms with van der Waals surface area (Å²) in [5.74, 6) is 0. The summed E-state index contributed by atoms with van der Waals surface area (Å²) in [6.45, 7) is 8.85. The fourth-order valence-electron chi connectivity index (χ4n) is 1.66. The molecule has 77 valence electrons. The van der Waals surface area contributed by atoms with Crippen LogP contribution in [0.4, 0.5) is 0 Å². The molecule has 0 aromatic heterocycles. The van der Waals surface area contributed by atoms with Crippen LogP contribution in [0.1, 0.15) is 48.4 Å². The molecule has 1 aromatic rings. The van der Waals surface area contributed by atoms with Crippen LogP contribution in [0.3, 0.4) is 0 Å². The maximum atomic E-state index is 2.37. The van der Waals surface area contributed by atoms with Gasteiger partial charge in [0.2, 0.25) is 0 Å². The van der Waals surface area contributed by atoms with Crippen molar-refractivity contribution in [1.82, 2.24) is 0 Å². The van der Waals surface area contributed by atoms with Crippen molar-refractivity contribution in [3.05, 3.63) is 40.8 Å². The van der Waals surface area contributed by atoms with Gasteiger partial charge in [-0.15, -0.1) is 0 Å². The highest BCUT2D eigenvalue weighted by molar-refractivity contribution is 5.41. The zero-order valence-electron chi connectivity index (χ0n) is 9.85. The Morgan fingerprint density at radius 3 is 2.43 bits per heavy atom. The Morgan fingerprint density at radius 1 is 1.07 bits per heavy atom. The molecule has 0 unspecified atom stereocenters. The summed E-state index contributed by atoms with van der Waals surface area (Å²) in [6.07, 6.45) is 6.15. The van der Waals surface area contributed by atoms with Gasteiger partial charge in [-0.25, -0.2) is 0 Å². The SMILES string of the molecule is CCCC[CH]c1ccc(C)c(C)c1C. The van der Waals surface area contributed by atoms with E-state index < -0.39 is 0 Å². The van der Waals surface area contributed by atoms with Crippen LogP contribution < -0.4 is 0 Å². The average molecular weight is 189 g/mol. The molecule has 0 aliphatic heterocycles. The zero-order valence-corrected chi connectivity index (χ0v) is 9.85. The van der Waals surface area contributed by atoms with Crippen molar-refractivity contribution < 1.29 is 0 Å². The van der Waals surface area contributed by atoms with Gasteiger partial charge in [0, 0.05) is 0 Å². The first kappa shape index (κ1) is 11.3. The van der Waals surface area contributed by atoms with E-state index in [-0.39, 0.29) is 0 Å². The topological polar surface area (TPSA) is 0 Å². The Kier molecular flexibility index (Phi) is 4.19. The second kappa shape index (κ2) is 5.19. The van der Waals surface area contributed by atoms with Gasteiger partial charge in [-0.05, 0) is 55.9 Å². The van der Waals surface area contributed by atoms with Crippen molar-refractivity contribution in [3.63, 3.8) is 0 Å². The number of hydrogen-bond acceptors (Lipinski definition) is 0. The van der Waals surface area contributed by atoms with Gasteiger partial charge in [-0.1, -0.05) is 31.9 Å². The zero-order chi connectivity index (χ0) is 10.6. The Morgan fingerprint density at radius 2 is 1.79 bits per heavy atom. The van der Waals surface area contributed by atoms with E-state index in [0.29, 0.717) is 0 Å². The van der Waals surface area contributed by atoms with E-state index in [2.05, 4.69) is 46.2 Å². The maximum absolute atomic E-state index is 2.37. The van der Waals surface area contributed by atoms with Crippen LogP contribution in [0.2, 0.25) is 0 Å². The summed E-state index contributed by atoms with van der Waals surface area (Å²) in [6, 6.07) is 4.47. The third-order valence-corrected chi connectivity index (χ3v) is 3.02. The van der Waals surface area contributed by atoms with Gasteiger partial charge >= 0.3 is 0 Å². The lowest BCUT2D eigenvalue weighted by atomic mass is 9.95. The molecule has 0 fully saturated rings. The monoisotopic (exact) mass is 189 g/mol. The second-order valence-electron chi connectivity index (χ2n) is 4.07. The van der Waals surface area contributed by atoms with E-state index >= 15 is 0 Å². The van der Waals surface area contributed by atoms with E-state index in [1.54, 1.807) is 0 Å². The van der Waals surface area contributed by atoms with E-state index in [4.69, 9.17) is 0 Å². The molecular weight excluding hydrogens is 168 g/mol.